The number of allylic oxidation sites excluding steroid dienone is 2. The first kappa shape index (κ1) is 26.9. The van der Waals surface area contributed by atoms with Crippen LogP contribution >= 0.6 is 0 Å². The third-order valence-corrected chi connectivity index (χ3v) is 6.81. The van der Waals surface area contributed by atoms with E-state index in [4.69, 9.17) is 18.6 Å². The number of phenolic OH excluding ortho intramolecular Hbond substituents is 1. The predicted molar refractivity (Wildman–Crippen MR) is 156 cm³/mol. The van der Waals surface area contributed by atoms with Crippen molar-refractivity contribution >= 4 is 39.8 Å². The van der Waals surface area contributed by atoms with Crippen molar-refractivity contribution in [1.29, 1.82) is 0 Å². The van der Waals surface area contributed by atoms with E-state index >= 15 is 0 Å². The Balaban J connectivity index is 1.74. The Morgan fingerprint density at radius 3 is 2.48 bits per heavy atom. The van der Waals surface area contributed by atoms with Crippen molar-refractivity contribution in [2.24, 2.45) is 0 Å². The van der Waals surface area contributed by atoms with Gasteiger partial charge in [-0.2, -0.15) is 0 Å². The summed E-state index contributed by atoms with van der Waals surface area (Å²) in [6, 6.07) is 12.1. The number of para-hydroxylation sites is 1. The van der Waals surface area contributed by atoms with E-state index in [1.54, 1.807) is 31.3 Å². The van der Waals surface area contributed by atoms with Crippen molar-refractivity contribution in [2.45, 2.75) is 39.7 Å². The number of phenols is 1. The van der Waals surface area contributed by atoms with Gasteiger partial charge >= 0.3 is 6.09 Å². The number of methoxy groups -OCH3 is 1. The molecule has 5 rings (SSSR count). The zero-order chi connectivity index (χ0) is 28.8. The monoisotopic (exact) mass is 541 g/mol. The van der Waals surface area contributed by atoms with E-state index in [-0.39, 0.29) is 39.2 Å². The van der Waals surface area contributed by atoms with Crippen molar-refractivity contribution in [1.82, 2.24) is 0 Å². The molecule has 0 atom stereocenters. The quantitative estimate of drug-likeness (QED) is 0.215. The Bertz CT molecular complexity index is 1760. The molecule has 206 valence electrons. The van der Waals surface area contributed by atoms with Crippen LogP contribution in [0.5, 0.6) is 23.0 Å². The maximum atomic E-state index is 14.0. The number of rotatable bonds is 5. The Morgan fingerprint density at radius 1 is 1.10 bits per heavy atom. The molecule has 4 aromatic rings. The summed E-state index contributed by atoms with van der Waals surface area (Å²) in [6.45, 7) is 7.66. The van der Waals surface area contributed by atoms with E-state index in [9.17, 15) is 14.7 Å². The lowest BCUT2D eigenvalue weighted by Gasteiger charge is -2.28. The summed E-state index contributed by atoms with van der Waals surface area (Å²) in [7, 11) is 3.05. The lowest BCUT2D eigenvalue weighted by atomic mass is 9.97. The molecule has 0 saturated carbocycles. The summed E-state index contributed by atoms with van der Waals surface area (Å²) >= 11 is 0. The zero-order valence-electron chi connectivity index (χ0n) is 23.3. The van der Waals surface area contributed by atoms with E-state index in [1.807, 2.05) is 58.0 Å². The topological polar surface area (TPSA) is 98.4 Å². The first-order chi connectivity index (χ1) is 19.0. The molecule has 0 saturated heterocycles. The van der Waals surface area contributed by atoms with Gasteiger partial charge in [-0.3, -0.25) is 9.69 Å². The number of benzene rings is 3. The minimum absolute atomic E-state index is 0.0354. The van der Waals surface area contributed by atoms with Crippen molar-refractivity contribution in [3.63, 3.8) is 0 Å². The number of aromatic hydroxyl groups is 1. The highest BCUT2D eigenvalue weighted by molar-refractivity contribution is 6.00. The molecule has 0 fully saturated rings. The summed E-state index contributed by atoms with van der Waals surface area (Å²) in [5, 5.41) is 11.4. The highest BCUT2D eigenvalue weighted by atomic mass is 16.6. The predicted octanol–water partition coefficient (Wildman–Crippen LogP) is 6.99. The van der Waals surface area contributed by atoms with Gasteiger partial charge in [-0.15, -0.1) is 0 Å². The SMILES string of the molecule is COc1c(OC(=O)N(C)c2ccccc2)cc2oc3cc4c(c(O)c3c(=O)c2c1CC=C(C)C)C=CC(C)(C)O4. The summed E-state index contributed by atoms with van der Waals surface area (Å²) in [5.41, 5.74) is 1.87. The summed E-state index contributed by atoms with van der Waals surface area (Å²) in [4.78, 5) is 28.5. The summed E-state index contributed by atoms with van der Waals surface area (Å²) in [6.07, 6.45) is 5.16. The standard InChI is InChI=1S/C32H31NO7/c1-18(2)12-13-21-26-23(17-25(30(21)37-6)39-31(36)33(5)19-10-8-7-9-11-19)38-24-16-22-20(14-15-32(3,4)40-22)28(34)27(24)29(26)35/h7-12,14-17,34H,13H2,1-6H3. The molecule has 1 aromatic heterocycles. The van der Waals surface area contributed by atoms with Crippen LogP contribution in [-0.4, -0.2) is 31.0 Å². The Labute approximate surface area is 231 Å². The second-order valence-electron chi connectivity index (χ2n) is 10.5. The van der Waals surface area contributed by atoms with Gasteiger partial charge in [0.2, 0.25) is 5.43 Å². The van der Waals surface area contributed by atoms with Crippen LogP contribution in [0.3, 0.4) is 0 Å². The molecule has 1 amide bonds. The molecule has 0 bridgehead atoms. The van der Waals surface area contributed by atoms with Crippen molar-refractivity contribution in [3.05, 3.63) is 81.5 Å². The van der Waals surface area contributed by atoms with E-state index in [0.717, 1.165) is 5.57 Å². The van der Waals surface area contributed by atoms with Gasteiger partial charge < -0.3 is 23.7 Å². The van der Waals surface area contributed by atoms with Crippen molar-refractivity contribution < 1.29 is 28.5 Å². The van der Waals surface area contributed by atoms with Crippen LogP contribution in [0.25, 0.3) is 28.0 Å². The number of hydrogen-bond acceptors (Lipinski definition) is 7. The summed E-state index contributed by atoms with van der Waals surface area (Å²) < 4.78 is 23.7. The fourth-order valence-electron chi connectivity index (χ4n) is 4.74. The third-order valence-electron chi connectivity index (χ3n) is 6.81. The maximum Gasteiger partial charge on any atom is 0.419 e. The van der Waals surface area contributed by atoms with Crippen LogP contribution in [0, 0.1) is 0 Å². The van der Waals surface area contributed by atoms with E-state index in [1.165, 1.54) is 18.1 Å². The number of nitrogens with zero attached hydrogens (tertiary/aromatic N) is 1. The normalized spacial score (nSPS) is 13.4. The fourth-order valence-corrected chi connectivity index (χ4v) is 4.74. The third kappa shape index (κ3) is 4.77. The first-order valence-corrected chi connectivity index (χ1v) is 12.9. The van der Waals surface area contributed by atoms with Crippen LogP contribution in [0.4, 0.5) is 10.5 Å². The minimum atomic E-state index is -0.644. The molecule has 2 heterocycles. The van der Waals surface area contributed by atoms with Gasteiger partial charge in [-0.25, -0.2) is 4.79 Å². The number of hydrogen-bond donors (Lipinski definition) is 1. The Kier molecular flexibility index (Phi) is 6.79. The molecule has 0 aliphatic carbocycles. The average Bonchev–Trinajstić information content (AvgIpc) is 2.90. The van der Waals surface area contributed by atoms with E-state index in [2.05, 4.69) is 0 Å². The van der Waals surface area contributed by atoms with Gasteiger partial charge in [0.05, 0.1) is 18.1 Å². The van der Waals surface area contributed by atoms with Gasteiger partial charge in [0.25, 0.3) is 0 Å². The number of ether oxygens (including phenoxy) is 3. The Hall–Kier alpha value is -4.72. The molecule has 1 aliphatic heterocycles. The smallest absolute Gasteiger partial charge is 0.419 e. The average molecular weight is 542 g/mol. The van der Waals surface area contributed by atoms with Crippen LogP contribution in [0.1, 0.15) is 38.8 Å². The van der Waals surface area contributed by atoms with E-state index < -0.39 is 17.1 Å². The molecule has 1 aliphatic rings. The molecular formula is C32H31NO7. The highest BCUT2D eigenvalue weighted by Gasteiger charge is 2.29. The number of carbonyl (C=O) groups is 1. The number of carbonyl (C=O) groups excluding carboxylic acids is 1. The summed E-state index contributed by atoms with van der Waals surface area (Å²) in [5.74, 6) is 0.510. The molecule has 1 N–H and O–H groups in total. The van der Waals surface area contributed by atoms with Gasteiger partial charge in [-0.1, -0.05) is 29.8 Å². The van der Waals surface area contributed by atoms with Crippen LogP contribution in [0.2, 0.25) is 0 Å². The van der Waals surface area contributed by atoms with Gasteiger partial charge in [0.1, 0.15) is 33.7 Å². The molecule has 0 unspecified atom stereocenters. The van der Waals surface area contributed by atoms with Gasteiger partial charge in [0, 0.05) is 30.4 Å². The number of anilines is 1. The minimum Gasteiger partial charge on any atom is -0.506 e. The Morgan fingerprint density at radius 2 is 1.80 bits per heavy atom. The number of amides is 1. The molecule has 8 heteroatoms. The highest BCUT2D eigenvalue weighted by Crippen LogP contribution is 2.43. The second kappa shape index (κ2) is 10.1. The zero-order valence-corrected chi connectivity index (χ0v) is 23.3. The molecule has 0 radical (unpaired) electrons. The van der Waals surface area contributed by atoms with Crippen LogP contribution in [-0.2, 0) is 6.42 Å². The molecule has 8 nitrogen and oxygen atoms in total. The molecular weight excluding hydrogens is 510 g/mol. The molecule has 0 spiro atoms. The van der Waals surface area contributed by atoms with Crippen molar-refractivity contribution in [3.8, 4) is 23.0 Å². The first-order valence-electron chi connectivity index (χ1n) is 12.9. The van der Waals surface area contributed by atoms with Crippen LogP contribution < -0.4 is 24.5 Å². The fraction of sp³-hybridized carbons (Fsp3) is 0.250. The van der Waals surface area contributed by atoms with Gasteiger partial charge in [-0.05, 0) is 58.4 Å². The lowest BCUT2D eigenvalue weighted by molar-refractivity contribution is 0.158. The van der Waals surface area contributed by atoms with Gasteiger partial charge in [0.15, 0.2) is 11.5 Å². The number of fused-ring (bicyclic) bond motifs is 3. The maximum absolute atomic E-state index is 14.0. The molecule has 40 heavy (non-hydrogen) atoms. The van der Waals surface area contributed by atoms with E-state index in [0.29, 0.717) is 29.0 Å². The largest absolute Gasteiger partial charge is 0.506 e. The lowest BCUT2D eigenvalue weighted by Crippen LogP contribution is -2.29. The van der Waals surface area contributed by atoms with Crippen LogP contribution in [0.15, 0.2) is 69.4 Å². The van der Waals surface area contributed by atoms with Crippen molar-refractivity contribution in [2.75, 3.05) is 19.1 Å². The second-order valence-corrected chi connectivity index (χ2v) is 10.5. The molecule has 3 aromatic carbocycles.